The topological polar surface area (TPSA) is 59.1 Å². The van der Waals surface area contributed by atoms with Crippen molar-refractivity contribution >= 4 is 11.8 Å². The second-order valence-electron chi connectivity index (χ2n) is 6.34. The summed E-state index contributed by atoms with van der Waals surface area (Å²) in [5, 5.41) is 0. The molecule has 1 aliphatic heterocycles. The second-order valence-corrected chi connectivity index (χ2v) is 6.34. The van der Waals surface area contributed by atoms with Crippen molar-refractivity contribution < 1.29 is 19.1 Å². The lowest BCUT2D eigenvalue weighted by atomic mass is 10.1. The molecule has 1 fully saturated rings. The summed E-state index contributed by atoms with van der Waals surface area (Å²) in [5.41, 5.74) is 0.514. The highest BCUT2D eigenvalue weighted by molar-refractivity contribution is 5.97. The number of hydrogen-bond acceptors (Lipinski definition) is 4. The monoisotopic (exact) mass is 334 g/mol. The van der Waals surface area contributed by atoms with Gasteiger partial charge >= 0.3 is 0 Å². The average Bonchev–Trinajstić information content (AvgIpc) is 2.60. The van der Waals surface area contributed by atoms with Gasteiger partial charge in [-0.3, -0.25) is 9.59 Å². The van der Waals surface area contributed by atoms with Gasteiger partial charge in [-0.25, -0.2) is 0 Å². The number of ether oxygens (including phenoxy) is 2. The third-order valence-electron chi connectivity index (χ3n) is 4.14. The van der Waals surface area contributed by atoms with Crippen molar-refractivity contribution in [3.8, 4) is 11.5 Å². The Balaban J connectivity index is 2.01. The SMILES string of the molecule is COc1ccc(C(=O)N2CCN(C(=O)CC(C)C)CC2)c(OC)c1. The minimum atomic E-state index is -0.0783. The Hall–Kier alpha value is -2.24. The fourth-order valence-corrected chi connectivity index (χ4v) is 2.78. The molecule has 1 aromatic rings. The molecule has 0 radical (unpaired) electrons. The molecular weight excluding hydrogens is 308 g/mol. The summed E-state index contributed by atoms with van der Waals surface area (Å²) >= 11 is 0. The van der Waals surface area contributed by atoms with Gasteiger partial charge in [-0.15, -0.1) is 0 Å². The van der Waals surface area contributed by atoms with Crippen LogP contribution in [0.2, 0.25) is 0 Å². The number of carbonyl (C=O) groups excluding carboxylic acids is 2. The number of carbonyl (C=O) groups is 2. The van der Waals surface area contributed by atoms with E-state index < -0.39 is 0 Å². The number of methoxy groups -OCH3 is 2. The summed E-state index contributed by atoms with van der Waals surface area (Å²) in [6.07, 6.45) is 0.556. The van der Waals surface area contributed by atoms with Gasteiger partial charge in [0.1, 0.15) is 11.5 Å². The number of amides is 2. The van der Waals surface area contributed by atoms with Crippen LogP contribution < -0.4 is 9.47 Å². The first-order valence-corrected chi connectivity index (χ1v) is 8.25. The van der Waals surface area contributed by atoms with Gasteiger partial charge in [-0.05, 0) is 18.1 Å². The maximum atomic E-state index is 12.7. The van der Waals surface area contributed by atoms with Crippen molar-refractivity contribution in [1.82, 2.24) is 9.80 Å². The highest BCUT2D eigenvalue weighted by Gasteiger charge is 2.26. The first kappa shape index (κ1) is 18.1. The van der Waals surface area contributed by atoms with Gasteiger partial charge in [-0.2, -0.15) is 0 Å². The Morgan fingerprint density at radius 2 is 1.67 bits per heavy atom. The van der Waals surface area contributed by atoms with E-state index in [1.165, 1.54) is 7.11 Å². The molecule has 1 saturated heterocycles. The molecule has 0 saturated carbocycles. The molecule has 0 aliphatic carbocycles. The largest absolute Gasteiger partial charge is 0.497 e. The maximum Gasteiger partial charge on any atom is 0.257 e. The fourth-order valence-electron chi connectivity index (χ4n) is 2.78. The molecule has 0 atom stereocenters. The van der Waals surface area contributed by atoms with Crippen LogP contribution in [-0.2, 0) is 4.79 Å². The van der Waals surface area contributed by atoms with E-state index in [2.05, 4.69) is 0 Å². The van der Waals surface area contributed by atoms with Gasteiger partial charge in [0.25, 0.3) is 5.91 Å². The van der Waals surface area contributed by atoms with Crippen molar-refractivity contribution in [3.63, 3.8) is 0 Å². The van der Waals surface area contributed by atoms with Gasteiger partial charge < -0.3 is 19.3 Å². The van der Waals surface area contributed by atoms with Crippen LogP contribution in [-0.4, -0.2) is 62.0 Å². The minimum absolute atomic E-state index is 0.0783. The summed E-state index contributed by atoms with van der Waals surface area (Å²) < 4.78 is 10.5. The van der Waals surface area contributed by atoms with E-state index in [0.29, 0.717) is 55.6 Å². The molecule has 24 heavy (non-hydrogen) atoms. The minimum Gasteiger partial charge on any atom is -0.497 e. The number of nitrogens with zero attached hydrogens (tertiary/aromatic N) is 2. The standard InChI is InChI=1S/C18H26N2O4/c1-13(2)11-17(21)19-7-9-20(10-8-19)18(22)15-6-5-14(23-3)12-16(15)24-4/h5-6,12-13H,7-11H2,1-4H3. The van der Waals surface area contributed by atoms with E-state index in [0.717, 1.165) is 0 Å². The Morgan fingerprint density at radius 3 is 2.21 bits per heavy atom. The molecule has 0 bridgehead atoms. The zero-order valence-electron chi connectivity index (χ0n) is 14.9. The molecule has 1 aliphatic rings. The summed E-state index contributed by atoms with van der Waals surface area (Å²) in [7, 11) is 3.11. The summed E-state index contributed by atoms with van der Waals surface area (Å²) in [6, 6.07) is 5.17. The lowest BCUT2D eigenvalue weighted by Gasteiger charge is -2.35. The predicted molar refractivity (Wildman–Crippen MR) is 91.5 cm³/mol. The molecule has 132 valence electrons. The third kappa shape index (κ3) is 4.19. The molecule has 0 aromatic heterocycles. The van der Waals surface area contributed by atoms with Gasteiger partial charge in [0, 0.05) is 38.7 Å². The van der Waals surface area contributed by atoms with Crippen LogP contribution in [0.3, 0.4) is 0 Å². The van der Waals surface area contributed by atoms with Gasteiger partial charge in [0.05, 0.1) is 19.8 Å². The molecule has 6 heteroatoms. The van der Waals surface area contributed by atoms with Crippen LogP contribution in [0.5, 0.6) is 11.5 Å². The molecule has 2 amide bonds. The van der Waals surface area contributed by atoms with E-state index in [1.807, 2.05) is 18.7 Å². The highest BCUT2D eigenvalue weighted by Crippen LogP contribution is 2.26. The van der Waals surface area contributed by atoms with E-state index >= 15 is 0 Å². The molecule has 0 spiro atoms. The van der Waals surface area contributed by atoms with Gasteiger partial charge in [-0.1, -0.05) is 13.8 Å². The average molecular weight is 334 g/mol. The molecule has 0 N–H and O–H groups in total. The van der Waals surface area contributed by atoms with Crippen LogP contribution in [0.4, 0.5) is 0 Å². The van der Waals surface area contributed by atoms with Crippen LogP contribution in [0, 0.1) is 5.92 Å². The number of benzene rings is 1. The maximum absolute atomic E-state index is 12.7. The zero-order chi connectivity index (χ0) is 17.7. The second kappa shape index (κ2) is 8.04. The van der Waals surface area contributed by atoms with E-state index in [-0.39, 0.29) is 11.8 Å². The fraction of sp³-hybridized carbons (Fsp3) is 0.556. The number of piperazine rings is 1. The smallest absolute Gasteiger partial charge is 0.257 e. The van der Waals surface area contributed by atoms with Crippen molar-refractivity contribution in [2.24, 2.45) is 5.92 Å². The predicted octanol–water partition coefficient (Wildman–Crippen LogP) is 2.03. The van der Waals surface area contributed by atoms with E-state index in [1.54, 1.807) is 30.2 Å². The Bertz CT molecular complexity index is 593. The first-order chi connectivity index (χ1) is 11.5. The van der Waals surface area contributed by atoms with Crippen LogP contribution >= 0.6 is 0 Å². The summed E-state index contributed by atoms with van der Waals surface area (Å²) in [6.45, 7) is 6.31. The molecule has 0 unspecified atom stereocenters. The first-order valence-electron chi connectivity index (χ1n) is 8.25. The van der Waals surface area contributed by atoms with Crippen LogP contribution in [0.25, 0.3) is 0 Å². The van der Waals surface area contributed by atoms with Gasteiger partial charge in [0.2, 0.25) is 5.91 Å². The van der Waals surface area contributed by atoms with Crippen molar-refractivity contribution in [2.45, 2.75) is 20.3 Å². The normalized spacial score (nSPS) is 14.7. The van der Waals surface area contributed by atoms with Crippen molar-refractivity contribution in [2.75, 3.05) is 40.4 Å². The molecule has 6 nitrogen and oxygen atoms in total. The Kier molecular flexibility index (Phi) is 6.06. The number of hydrogen-bond donors (Lipinski definition) is 0. The molecular formula is C18H26N2O4. The molecule has 1 aromatic carbocycles. The van der Waals surface area contributed by atoms with Crippen molar-refractivity contribution in [3.05, 3.63) is 23.8 Å². The van der Waals surface area contributed by atoms with Gasteiger partial charge in [0.15, 0.2) is 0 Å². The lowest BCUT2D eigenvalue weighted by molar-refractivity contribution is -0.133. The highest BCUT2D eigenvalue weighted by atomic mass is 16.5. The summed E-state index contributed by atoms with van der Waals surface area (Å²) in [4.78, 5) is 28.5. The third-order valence-corrected chi connectivity index (χ3v) is 4.14. The van der Waals surface area contributed by atoms with E-state index in [9.17, 15) is 9.59 Å². The quantitative estimate of drug-likeness (QED) is 0.827. The number of rotatable bonds is 5. The van der Waals surface area contributed by atoms with Crippen molar-refractivity contribution in [1.29, 1.82) is 0 Å². The summed E-state index contributed by atoms with van der Waals surface area (Å²) in [5.74, 6) is 1.58. The van der Waals surface area contributed by atoms with Crippen LogP contribution in [0.15, 0.2) is 18.2 Å². The Labute approximate surface area is 143 Å². The lowest BCUT2D eigenvalue weighted by Crippen LogP contribution is -2.50. The Morgan fingerprint density at radius 1 is 1.04 bits per heavy atom. The zero-order valence-corrected chi connectivity index (χ0v) is 14.9. The van der Waals surface area contributed by atoms with Crippen LogP contribution in [0.1, 0.15) is 30.6 Å². The molecule has 2 rings (SSSR count). The molecule has 1 heterocycles. The van der Waals surface area contributed by atoms with E-state index in [4.69, 9.17) is 9.47 Å².